The number of aromatic carboxylic acids is 1. The van der Waals surface area contributed by atoms with E-state index in [0.717, 1.165) is 11.1 Å². The highest BCUT2D eigenvalue weighted by atomic mass is 32.2. The van der Waals surface area contributed by atoms with Gasteiger partial charge in [0.2, 0.25) is 0 Å². The fourth-order valence-corrected chi connectivity index (χ4v) is 4.21. The van der Waals surface area contributed by atoms with E-state index in [-0.39, 0.29) is 11.5 Å². The third-order valence-electron chi connectivity index (χ3n) is 5.07. The summed E-state index contributed by atoms with van der Waals surface area (Å²) in [6.45, 7) is 0.421. The molecule has 1 N–H and O–H groups in total. The van der Waals surface area contributed by atoms with Crippen molar-refractivity contribution in [3.63, 3.8) is 0 Å². The topological polar surface area (TPSA) is 88.4 Å². The number of likely N-dealkylation sites (N-methyl/N-ethyl adjacent to an activating group) is 1. The van der Waals surface area contributed by atoms with Gasteiger partial charge in [0.05, 0.1) is 23.3 Å². The minimum Gasteiger partial charge on any atom is -0.493 e. The SMILES string of the molecule is COc1cc(C=C2SC(=Nc3ccc(C(=O)O)cc3)N(C)C2=O)ccc1OCc1ccccc1. The number of thioether (sulfide) groups is 1. The maximum atomic E-state index is 12.8. The molecule has 34 heavy (non-hydrogen) atoms. The van der Waals surface area contributed by atoms with E-state index in [9.17, 15) is 9.59 Å². The summed E-state index contributed by atoms with van der Waals surface area (Å²) in [6, 6.07) is 21.5. The van der Waals surface area contributed by atoms with Crippen LogP contribution < -0.4 is 9.47 Å². The van der Waals surface area contributed by atoms with Crippen LogP contribution in [-0.4, -0.2) is 41.2 Å². The summed E-state index contributed by atoms with van der Waals surface area (Å²) in [7, 11) is 3.23. The summed E-state index contributed by atoms with van der Waals surface area (Å²) in [5.74, 6) is 0.0118. The zero-order valence-electron chi connectivity index (χ0n) is 18.6. The van der Waals surface area contributed by atoms with Gasteiger partial charge in [0.15, 0.2) is 16.7 Å². The molecule has 7 nitrogen and oxygen atoms in total. The van der Waals surface area contributed by atoms with Crippen LogP contribution in [-0.2, 0) is 11.4 Å². The lowest BCUT2D eigenvalue weighted by Gasteiger charge is -2.11. The number of carboxylic acids is 1. The maximum Gasteiger partial charge on any atom is 0.335 e. The van der Waals surface area contributed by atoms with Crippen LogP contribution in [0.15, 0.2) is 82.7 Å². The average molecular weight is 475 g/mol. The molecule has 1 aliphatic rings. The molecule has 0 saturated carbocycles. The molecule has 3 aromatic rings. The van der Waals surface area contributed by atoms with Crippen molar-refractivity contribution in [1.29, 1.82) is 0 Å². The van der Waals surface area contributed by atoms with Gasteiger partial charge in [-0.15, -0.1) is 0 Å². The van der Waals surface area contributed by atoms with Gasteiger partial charge in [0.25, 0.3) is 5.91 Å². The predicted molar refractivity (Wildman–Crippen MR) is 133 cm³/mol. The van der Waals surface area contributed by atoms with E-state index in [1.807, 2.05) is 48.5 Å². The summed E-state index contributed by atoms with van der Waals surface area (Å²) in [5, 5.41) is 9.54. The van der Waals surface area contributed by atoms with Crippen LogP contribution in [0, 0.1) is 0 Å². The highest BCUT2D eigenvalue weighted by Gasteiger charge is 2.30. The lowest BCUT2D eigenvalue weighted by molar-refractivity contribution is -0.121. The summed E-state index contributed by atoms with van der Waals surface area (Å²) < 4.78 is 11.4. The van der Waals surface area contributed by atoms with Crippen LogP contribution in [0.25, 0.3) is 6.08 Å². The van der Waals surface area contributed by atoms with Gasteiger partial charge >= 0.3 is 5.97 Å². The number of rotatable bonds is 7. The number of aliphatic imine (C=N–C) groups is 1. The Bertz CT molecular complexity index is 1270. The number of amidine groups is 1. The minimum atomic E-state index is -1.00. The van der Waals surface area contributed by atoms with E-state index < -0.39 is 5.97 Å². The number of ether oxygens (including phenoxy) is 2. The van der Waals surface area contributed by atoms with E-state index in [0.29, 0.717) is 33.9 Å². The summed E-state index contributed by atoms with van der Waals surface area (Å²) in [4.78, 5) is 30.3. The van der Waals surface area contributed by atoms with E-state index in [1.54, 1.807) is 32.4 Å². The number of benzene rings is 3. The number of carbonyl (C=O) groups is 2. The molecule has 4 rings (SSSR count). The summed E-state index contributed by atoms with van der Waals surface area (Å²) in [5.41, 5.74) is 2.59. The fourth-order valence-electron chi connectivity index (χ4n) is 3.22. The fraction of sp³-hybridized carbons (Fsp3) is 0.115. The zero-order valence-corrected chi connectivity index (χ0v) is 19.4. The van der Waals surface area contributed by atoms with Crippen LogP contribution in [0.4, 0.5) is 5.69 Å². The van der Waals surface area contributed by atoms with Crippen molar-refractivity contribution in [2.45, 2.75) is 6.61 Å². The Morgan fingerprint density at radius 2 is 1.79 bits per heavy atom. The number of methoxy groups -OCH3 is 1. The number of carboxylic acid groups (broad SMARTS) is 1. The molecule has 0 atom stereocenters. The molecule has 1 fully saturated rings. The molecule has 1 amide bonds. The van der Waals surface area contributed by atoms with Crippen LogP contribution in [0.5, 0.6) is 11.5 Å². The molecule has 1 heterocycles. The third kappa shape index (κ3) is 5.29. The van der Waals surface area contributed by atoms with Crippen molar-refractivity contribution in [1.82, 2.24) is 4.90 Å². The molecule has 1 saturated heterocycles. The van der Waals surface area contributed by atoms with Gasteiger partial charge in [-0.1, -0.05) is 36.4 Å². The first kappa shape index (κ1) is 23.1. The highest BCUT2D eigenvalue weighted by molar-refractivity contribution is 8.18. The van der Waals surface area contributed by atoms with E-state index in [1.165, 1.54) is 28.8 Å². The maximum absolute atomic E-state index is 12.8. The van der Waals surface area contributed by atoms with Gasteiger partial charge < -0.3 is 14.6 Å². The number of amides is 1. The number of nitrogens with zero attached hydrogens (tertiary/aromatic N) is 2. The average Bonchev–Trinajstić information content (AvgIpc) is 3.11. The largest absolute Gasteiger partial charge is 0.493 e. The zero-order chi connectivity index (χ0) is 24.1. The molecule has 0 radical (unpaired) electrons. The van der Waals surface area contributed by atoms with Crippen molar-refractivity contribution in [3.8, 4) is 11.5 Å². The molecule has 0 unspecified atom stereocenters. The minimum absolute atomic E-state index is 0.172. The second kappa shape index (κ2) is 10.3. The van der Waals surface area contributed by atoms with Gasteiger partial charge in [-0.25, -0.2) is 9.79 Å². The van der Waals surface area contributed by atoms with Crippen molar-refractivity contribution in [3.05, 3.63) is 94.4 Å². The molecule has 1 aliphatic heterocycles. The Balaban J connectivity index is 1.51. The Kier molecular flexibility index (Phi) is 6.98. The highest BCUT2D eigenvalue weighted by Crippen LogP contribution is 2.35. The van der Waals surface area contributed by atoms with Crippen molar-refractivity contribution in [2.24, 2.45) is 4.99 Å². The van der Waals surface area contributed by atoms with Gasteiger partial charge in [0, 0.05) is 7.05 Å². The van der Waals surface area contributed by atoms with Gasteiger partial charge in [-0.3, -0.25) is 9.69 Å². The first-order valence-corrected chi connectivity index (χ1v) is 11.2. The number of hydrogen-bond donors (Lipinski definition) is 1. The standard InChI is InChI=1S/C26H22N2O5S/c1-28-24(29)23(34-26(28)27-20-11-9-19(10-12-20)25(30)31)15-18-8-13-21(22(14-18)32-2)33-16-17-6-4-3-5-7-17/h3-15H,16H2,1-2H3,(H,30,31). The predicted octanol–water partition coefficient (Wildman–Crippen LogP) is 5.21. The van der Waals surface area contributed by atoms with Gasteiger partial charge in [-0.05, 0) is 65.4 Å². The Morgan fingerprint density at radius 3 is 2.47 bits per heavy atom. The monoisotopic (exact) mass is 474 g/mol. The second-order valence-corrected chi connectivity index (χ2v) is 8.41. The van der Waals surface area contributed by atoms with Crippen LogP contribution in [0.3, 0.4) is 0 Å². The molecule has 0 aliphatic carbocycles. The van der Waals surface area contributed by atoms with Crippen LogP contribution in [0.2, 0.25) is 0 Å². The summed E-state index contributed by atoms with van der Waals surface area (Å²) >= 11 is 1.25. The van der Waals surface area contributed by atoms with E-state index >= 15 is 0 Å². The smallest absolute Gasteiger partial charge is 0.335 e. The molecule has 8 heteroatoms. The Morgan fingerprint density at radius 1 is 1.06 bits per heavy atom. The molecule has 172 valence electrons. The van der Waals surface area contributed by atoms with Crippen molar-refractivity contribution in [2.75, 3.05) is 14.2 Å². The Labute approximate surface area is 201 Å². The van der Waals surface area contributed by atoms with Crippen LogP contribution in [0.1, 0.15) is 21.5 Å². The van der Waals surface area contributed by atoms with E-state index in [4.69, 9.17) is 14.6 Å². The van der Waals surface area contributed by atoms with E-state index in [2.05, 4.69) is 4.99 Å². The van der Waals surface area contributed by atoms with Crippen molar-refractivity contribution < 1.29 is 24.2 Å². The number of hydrogen-bond acceptors (Lipinski definition) is 6. The quantitative estimate of drug-likeness (QED) is 0.473. The van der Waals surface area contributed by atoms with Gasteiger partial charge in [0.1, 0.15) is 6.61 Å². The molecule has 0 aromatic heterocycles. The number of carbonyl (C=O) groups excluding carboxylic acids is 1. The second-order valence-electron chi connectivity index (χ2n) is 7.41. The lowest BCUT2D eigenvalue weighted by atomic mass is 10.2. The lowest BCUT2D eigenvalue weighted by Crippen LogP contribution is -2.23. The molecule has 3 aromatic carbocycles. The first-order chi connectivity index (χ1) is 16.4. The molecular formula is C26H22N2O5S. The Hall–Kier alpha value is -4.04. The normalized spacial score (nSPS) is 15.7. The molecular weight excluding hydrogens is 452 g/mol. The third-order valence-corrected chi connectivity index (χ3v) is 6.13. The molecule has 0 bridgehead atoms. The first-order valence-electron chi connectivity index (χ1n) is 10.4. The summed E-state index contributed by atoms with van der Waals surface area (Å²) in [6.07, 6.45) is 1.78. The van der Waals surface area contributed by atoms with Crippen molar-refractivity contribution >= 4 is 40.6 Å². The van der Waals surface area contributed by atoms with Crippen LogP contribution >= 0.6 is 11.8 Å². The molecule has 0 spiro atoms. The van der Waals surface area contributed by atoms with Gasteiger partial charge in [-0.2, -0.15) is 0 Å².